The summed E-state index contributed by atoms with van der Waals surface area (Å²) < 4.78 is 14.1. The van der Waals surface area contributed by atoms with Gasteiger partial charge in [-0.3, -0.25) is 4.79 Å². The summed E-state index contributed by atoms with van der Waals surface area (Å²) in [6.07, 6.45) is 4.35. The van der Waals surface area contributed by atoms with Crippen molar-refractivity contribution < 1.29 is 9.18 Å². The first-order valence-electron chi connectivity index (χ1n) is 8.81. The Labute approximate surface area is 160 Å². The summed E-state index contributed by atoms with van der Waals surface area (Å²) in [5, 5.41) is 3.86. The molecule has 0 radical (unpaired) electrons. The predicted molar refractivity (Wildman–Crippen MR) is 104 cm³/mol. The largest absolute Gasteiger partial charge is 0.354 e. The zero-order chi connectivity index (χ0) is 19.7. The number of carbonyl (C=O) groups excluding carboxylic acids is 1. The fraction of sp³-hybridized carbons (Fsp3) is 0.143. The first-order chi connectivity index (χ1) is 13.5. The van der Waals surface area contributed by atoms with Crippen LogP contribution in [0.5, 0.6) is 0 Å². The summed E-state index contributed by atoms with van der Waals surface area (Å²) in [6, 6.07) is 9.26. The quantitative estimate of drug-likeness (QED) is 0.533. The van der Waals surface area contributed by atoms with Gasteiger partial charge in [0.2, 0.25) is 5.95 Å². The zero-order valence-electron chi connectivity index (χ0n) is 15.5. The Hall–Kier alpha value is -3.61. The fourth-order valence-electron chi connectivity index (χ4n) is 3.22. The third-order valence-electron chi connectivity index (χ3n) is 4.76. The minimum atomic E-state index is -0.509. The number of hydrogen-bond donors (Lipinski definition) is 2. The fourth-order valence-corrected chi connectivity index (χ4v) is 3.22. The van der Waals surface area contributed by atoms with Gasteiger partial charge in [-0.25, -0.2) is 15.0 Å². The van der Waals surface area contributed by atoms with Gasteiger partial charge in [0, 0.05) is 29.8 Å². The van der Waals surface area contributed by atoms with Gasteiger partial charge < -0.3 is 10.3 Å². The third kappa shape index (κ3) is 3.22. The lowest BCUT2D eigenvalue weighted by Gasteiger charge is -2.07. The molecule has 0 aliphatic rings. The number of hydrogen-bond acceptors (Lipinski definition) is 4. The first kappa shape index (κ1) is 17.8. The number of rotatable bonds is 4. The van der Waals surface area contributed by atoms with E-state index in [9.17, 15) is 9.18 Å². The van der Waals surface area contributed by atoms with Crippen LogP contribution < -0.4 is 5.32 Å². The van der Waals surface area contributed by atoms with Crippen molar-refractivity contribution >= 4 is 16.8 Å². The number of carbonyl (C=O) groups is 1. The number of amides is 1. The van der Waals surface area contributed by atoms with Crippen LogP contribution in [0.4, 0.5) is 4.39 Å². The molecule has 0 aliphatic carbocycles. The molecule has 28 heavy (non-hydrogen) atoms. The average molecular weight is 375 g/mol. The van der Waals surface area contributed by atoms with Crippen molar-refractivity contribution in [2.45, 2.75) is 20.4 Å². The van der Waals surface area contributed by atoms with Gasteiger partial charge in [-0.2, -0.15) is 4.39 Å². The molecule has 0 saturated carbocycles. The highest BCUT2D eigenvalue weighted by Gasteiger charge is 2.14. The average Bonchev–Trinajstić information content (AvgIpc) is 3.03. The van der Waals surface area contributed by atoms with Crippen molar-refractivity contribution in [3.8, 4) is 11.3 Å². The van der Waals surface area contributed by atoms with Gasteiger partial charge in [0.25, 0.3) is 5.91 Å². The standard InChI is InChI=1S/C21H18FN5O/c1-12-16-8-14(9-25-21(28)17-10-23-11-26-13(17)2)5-6-18(16)27-19(12)15-4-3-7-24-20(15)22/h3-8,10-11,27H,9H2,1-2H3,(H,25,28). The Morgan fingerprint density at radius 2 is 2.07 bits per heavy atom. The van der Waals surface area contributed by atoms with E-state index in [0.29, 0.717) is 29.1 Å². The number of nitrogens with zero attached hydrogens (tertiary/aromatic N) is 3. The third-order valence-corrected chi connectivity index (χ3v) is 4.76. The molecule has 0 spiro atoms. The lowest BCUT2D eigenvalue weighted by molar-refractivity contribution is 0.0949. The molecule has 0 bridgehead atoms. The van der Waals surface area contributed by atoms with E-state index in [0.717, 1.165) is 22.0 Å². The number of benzene rings is 1. The first-order valence-corrected chi connectivity index (χ1v) is 8.81. The molecule has 3 heterocycles. The van der Waals surface area contributed by atoms with Gasteiger partial charge in [-0.15, -0.1) is 0 Å². The van der Waals surface area contributed by atoms with Gasteiger partial charge in [0.1, 0.15) is 6.33 Å². The van der Waals surface area contributed by atoms with Gasteiger partial charge in [-0.1, -0.05) is 6.07 Å². The summed E-state index contributed by atoms with van der Waals surface area (Å²) >= 11 is 0. The molecule has 4 rings (SSSR count). The molecule has 0 saturated heterocycles. The number of H-pyrrole nitrogens is 1. The summed E-state index contributed by atoms with van der Waals surface area (Å²) in [4.78, 5) is 27.3. The lowest BCUT2D eigenvalue weighted by Crippen LogP contribution is -2.24. The van der Waals surface area contributed by atoms with E-state index in [2.05, 4.69) is 25.3 Å². The second kappa shape index (κ2) is 7.19. The normalized spacial score (nSPS) is 11.0. The van der Waals surface area contributed by atoms with Gasteiger partial charge >= 0.3 is 0 Å². The van der Waals surface area contributed by atoms with Crippen LogP contribution in [-0.2, 0) is 6.54 Å². The second-order valence-electron chi connectivity index (χ2n) is 6.55. The smallest absolute Gasteiger partial charge is 0.254 e. The molecule has 0 aliphatic heterocycles. The molecule has 0 atom stereocenters. The Morgan fingerprint density at radius 3 is 2.86 bits per heavy atom. The molecule has 0 unspecified atom stereocenters. The number of nitrogens with one attached hydrogen (secondary N) is 2. The van der Waals surface area contributed by atoms with Crippen molar-refractivity contribution in [2.75, 3.05) is 0 Å². The van der Waals surface area contributed by atoms with Crippen LogP contribution >= 0.6 is 0 Å². The summed E-state index contributed by atoms with van der Waals surface area (Å²) in [5.74, 6) is -0.729. The maximum absolute atomic E-state index is 14.1. The Balaban J connectivity index is 1.60. The molecule has 4 aromatic rings. The molecule has 7 heteroatoms. The van der Waals surface area contributed by atoms with E-state index in [-0.39, 0.29) is 5.91 Å². The van der Waals surface area contributed by atoms with Crippen molar-refractivity contribution in [3.63, 3.8) is 0 Å². The zero-order valence-corrected chi connectivity index (χ0v) is 15.5. The van der Waals surface area contributed by atoms with Crippen molar-refractivity contribution in [1.82, 2.24) is 25.3 Å². The highest BCUT2D eigenvalue weighted by molar-refractivity contribution is 5.95. The molecule has 0 fully saturated rings. The summed E-state index contributed by atoms with van der Waals surface area (Å²) in [5.41, 5.74) is 5.00. The van der Waals surface area contributed by atoms with Crippen molar-refractivity contribution in [3.05, 3.63) is 77.4 Å². The van der Waals surface area contributed by atoms with E-state index in [4.69, 9.17) is 0 Å². The molecule has 140 valence electrons. The highest BCUT2D eigenvalue weighted by Crippen LogP contribution is 2.31. The van der Waals surface area contributed by atoms with Crippen LogP contribution in [-0.4, -0.2) is 25.8 Å². The molecule has 6 nitrogen and oxygen atoms in total. The maximum atomic E-state index is 14.1. The molecular weight excluding hydrogens is 357 g/mol. The van der Waals surface area contributed by atoms with Crippen LogP contribution in [0.3, 0.4) is 0 Å². The number of aromatic nitrogens is 4. The van der Waals surface area contributed by atoms with E-state index < -0.39 is 5.95 Å². The maximum Gasteiger partial charge on any atom is 0.254 e. The van der Waals surface area contributed by atoms with Crippen molar-refractivity contribution in [1.29, 1.82) is 0 Å². The van der Waals surface area contributed by atoms with E-state index >= 15 is 0 Å². The number of aryl methyl sites for hydroxylation is 2. The number of aromatic amines is 1. The SMILES string of the molecule is Cc1ncncc1C(=O)NCc1ccc2[nH]c(-c3cccnc3F)c(C)c2c1. The number of pyridine rings is 1. The molecular formula is C21H18FN5O. The van der Waals surface area contributed by atoms with Crippen LogP contribution in [0, 0.1) is 19.8 Å². The minimum absolute atomic E-state index is 0.220. The van der Waals surface area contributed by atoms with Crippen LogP contribution in [0.15, 0.2) is 49.1 Å². The molecule has 1 aromatic carbocycles. The summed E-state index contributed by atoms with van der Waals surface area (Å²) in [7, 11) is 0. The Bertz CT molecular complexity index is 1180. The summed E-state index contributed by atoms with van der Waals surface area (Å²) in [6.45, 7) is 4.07. The highest BCUT2D eigenvalue weighted by atomic mass is 19.1. The van der Waals surface area contributed by atoms with E-state index in [1.165, 1.54) is 18.7 Å². The van der Waals surface area contributed by atoms with Crippen LogP contribution in [0.1, 0.15) is 27.2 Å². The van der Waals surface area contributed by atoms with Crippen molar-refractivity contribution in [2.24, 2.45) is 0 Å². The molecule has 2 N–H and O–H groups in total. The van der Waals surface area contributed by atoms with Gasteiger partial charge in [0.05, 0.1) is 22.5 Å². The number of fused-ring (bicyclic) bond motifs is 1. The predicted octanol–water partition coefficient (Wildman–Crippen LogP) is 3.71. The van der Waals surface area contributed by atoms with Crippen LogP contribution in [0.2, 0.25) is 0 Å². The minimum Gasteiger partial charge on any atom is -0.354 e. The van der Waals surface area contributed by atoms with E-state index in [1.807, 2.05) is 25.1 Å². The lowest BCUT2D eigenvalue weighted by atomic mass is 10.1. The Morgan fingerprint density at radius 1 is 1.21 bits per heavy atom. The van der Waals surface area contributed by atoms with Crippen LogP contribution in [0.25, 0.3) is 22.2 Å². The Kier molecular flexibility index (Phi) is 4.57. The monoisotopic (exact) mass is 375 g/mol. The second-order valence-corrected chi connectivity index (χ2v) is 6.55. The van der Waals surface area contributed by atoms with E-state index in [1.54, 1.807) is 19.1 Å². The van der Waals surface area contributed by atoms with Gasteiger partial charge in [-0.05, 0) is 49.2 Å². The topological polar surface area (TPSA) is 83.6 Å². The number of halogens is 1. The van der Waals surface area contributed by atoms with Gasteiger partial charge in [0.15, 0.2) is 0 Å². The molecule has 1 amide bonds. The molecule has 3 aromatic heterocycles.